The van der Waals surface area contributed by atoms with E-state index in [2.05, 4.69) is 25.0 Å². The van der Waals surface area contributed by atoms with Crippen LogP contribution < -0.4 is 5.32 Å². The third-order valence-corrected chi connectivity index (χ3v) is 6.48. The molecule has 0 spiro atoms. The SMILES string of the molecule is CCOC(=O)C(OCC1CC(O)C(n2cnc3c(NC(=O)c4ccccc4)nc(Cl)nc32)O1)P(=O)(O)O. The first-order chi connectivity index (χ1) is 17.6. The zero-order valence-electron chi connectivity index (χ0n) is 19.3. The molecule has 3 aromatic rings. The van der Waals surface area contributed by atoms with Crippen molar-refractivity contribution in [3.05, 3.63) is 47.5 Å². The summed E-state index contributed by atoms with van der Waals surface area (Å²) in [5, 5.41) is 13.1. The number of nitrogens with zero attached hydrogens (tertiary/aromatic N) is 4. The molecule has 4 rings (SSSR count). The van der Waals surface area contributed by atoms with E-state index >= 15 is 0 Å². The van der Waals surface area contributed by atoms with Gasteiger partial charge in [-0.3, -0.25) is 13.9 Å². The number of carbonyl (C=O) groups excluding carboxylic acids is 2. The Bertz CT molecular complexity index is 1330. The second-order valence-electron chi connectivity index (χ2n) is 7.96. The maximum absolute atomic E-state index is 12.6. The van der Waals surface area contributed by atoms with Crippen molar-refractivity contribution >= 4 is 48.1 Å². The van der Waals surface area contributed by atoms with Gasteiger partial charge in [0.1, 0.15) is 6.10 Å². The van der Waals surface area contributed by atoms with Crippen LogP contribution in [0.4, 0.5) is 5.82 Å². The first kappa shape index (κ1) is 27.1. The van der Waals surface area contributed by atoms with Crippen LogP contribution in [0.3, 0.4) is 0 Å². The Kier molecular flexibility index (Phi) is 8.19. The Balaban J connectivity index is 1.51. The van der Waals surface area contributed by atoms with Gasteiger partial charge < -0.3 is 34.4 Å². The largest absolute Gasteiger partial charge is 0.464 e. The summed E-state index contributed by atoms with van der Waals surface area (Å²) in [6.45, 7) is 0.980. The summed E-state index contributed by atoms with van der Waals surface area (Å²) in [6, 6.07) is 8.43. The standard InChI is InChI=1S/C21H23ClN5O9P/c1-2-34-19(30)20(37(31,32)33)35-9-12-8-13(28)18(36-12)27-10-23-14-15(25-21(22)26-16(14)27)24-17(29)11-6-4-3-5-7-11/h3-7,10,12-13,18,20,28H,2,8-9H2,1H3,(H2,31,32,33)(H,24,25,26,29). The zero-order chi connectivity index (χ0) is 26.7. The average Bonchev–Trinajstić information content (AvgIpc) is 3.41. The van der Waals surface area contributed by atoms with Crippen LogP contribution in [0.25, 0.3) is 11.2 Å². The van der Waals surface area contributed by atoms with Crippen LogP contribution in [0.2, 0.25) is 5.28 Å². The number of benzene rings is 1. The van der Waals surface area contributed by atoms with E-state index in [0.717, 1.165) is 0 Å². The monoisotopic (exact) mass is 555 g/mol. The van der Waals surface area contributed by atoms with Gasteiger partial charge in [0.25, 0.3) is 11.8 Å². The number of anilines is 1. The van der Waals surface area contributed by atoms with Gasteiger partial charge in [0.05, 0.1) is 25.6 Å². The van der Waals surface area contributed by atoms with Crippen LogP contribution in [0.15, 0.2) is 36.7 Å². The number of halogens is 1. The van der Waals surface area contributed by atoms with E-state index in [1.54, 1.807) is 30.3 Å². The Morgan fingerprint density at radius 2 is 2.03 bits per heavy atom. The number of aliphatic hydroxyl groups excluding tert-OH is 1. The molecule has 1 aliphatic rings. The van der Waals surface area contributed by atoms with E-state index in [9.17, 15) is 29.0 Å². The van der Waals surface area contributed by atoms with Gasteiger partial charge in [-0.1, -0.05) is 18.2 Å². The molecule has 0 aliphatic carbocycles. The van der Waals surface area contributed by atoms with Crippen molar-refractivity contribution in [2.24, 2.45) is 0 Å². The maximum Gasteiger partial charge on any atom is 0.365 e. The number of nitrogens with one attached hydrogen (secondary N) is 1. The molecule has 1 aromatic carbocycles. The van der Waals surface area contributed by atoms with Crippen LogP contribution in [0, 0.1) is 0 Å². The van der Waals surface area contributed by atoms with E-state index in [1.807, 2.05) is 0 Å². The molecule has 198 valence electrons. The summed E-state index contributed by atoms with van der Waals surface area (Å²) in [5.41, 5.74) is 0.736. The molecule has 0 saturated carbocycles. The summed E-state index contributed by atoms with van der Waals surface area (Å²) >= 11 is 6.08. The Hall–Kier alpha value is -2.97. The van der Waals surface area contributed by atoms with Crippen molar-refractivity contribution in [2.45, 2.75) is 37.6 Å². The lowest BCUT2D eigenvalue weighted by Gasteiger charge is -2.20. The van der Waals surface area contributed by atoms with Crippen LogP contribution in [-0.4, -0.2) is 77.6 Å². The van der Waals surface area contributed by atoms with Crippen molar-refractivity contribution < 1.29 is 43.3 Å². The molecule has 37 heavy (non-hydrogen) atoms. The molecule has 4 unspecified atom stereocenters. The topological polar surface area (TPSA) is 195 Å². The molecule has 1 fully saturated rings. The Morgan fingerprint density at radius 3 is 2.70 bits per heavy atom. The van der Waals surface area contributed by atoms with Gasteiger partial charge in [0.15, 0.2) is 23.2 Å². The van der Waals surface area contributed by atoms with Gasteiger partial charge in [0, 0.05) is 12.0 Å². The average molecular weight is 556 g/mol. The number of ether oxygens (including phenoxy) is 3. The first-order valence-electron chi connectivity index (χ1n) is 11.0. The summed E-state index contributed by atoms with van der Waals surface area (Å²) < 4.78 is 28.6. The van der Waals surface area contributed by atoms with Crippen molar-refractivity contribution in [1.82, 2.24) is 19.5 Å². The van der Waals surface area contributed by atoms with Crippen molar-refractivity contribution in [1.29, 1.82) is 0 Å². The third-order valence-electron chi connectivity index (χ3n) is 5.34. The fourth-order valence-electron chi connectivity index (χ4n) is 3.73. The second-order valence-corrected chi connectivity index (χ2v) is 9.95. The van der Waals surface area contributed by atoms with E-state index in [4.69, 9.17) is 21.1 Å². The van der Waals surface area contributed by atoms with Crippen molar-refractivity contribution in [3.63, 3.8) is 0 Å². The van der Waals surface area contributed by atoms with Crippen LogP contribution in [0.5, 0.6) is 0 Å². The predicted octanol–water partition coefficient (Wildman–Crippen LogP) is 1.46. The summed E-state index contributed by atoms with van der Waals surface area (Å²) in [6.07, 6.45) is -1.63. The Morgan fingerprint density at radius 1 is 1.30 bits per heavy atom. The molecule has 0 bridgehead atoms. The molecular formula is C21H23ClN5O9P. The van der Waals surface area contributed by atoms with Gasteiger partial charge in [0.2, 0.25) is 5.28 Å². The van der Waals surface area contributed by atoms with Crippen molar-refractivity contribution in [2.75, 3.05) is 18.5 Å². The zero-order valence-corrected chi connectivity index (χ0v) is 21.0. The lowest BCUT2D eigenvalue weighted by molar-refractivity contribution is -0.154. The molecule has 16 heteroatoms. The number of aromatic nitrogens is 4. The number of esters is 1. The van der Waals surface area contributed by atoms with Gasteiger partial charge in [-0.2, -0.15) is 9.97 Å². The van der Waals surface area contributed by atoms with Gasteiger partial charge in [-0.25, -0.2) is 9.78 Å². The fraction of sp³-hybridized carbons (Fsp3) is 0.381. The number of fused-ring (bicyclic) bond motifs is 1. The number of imidazole rings is 1. The molecule has 2 aromatic heterocycles. The molecular weight excluding hydrogens is 533 g/mol. The van der Waals surface area contributed by atoms with Crippen LogP contribution >= 0.6 is 19.2 Å². The molecule has 1 amide bonds. The van der Waals surface area contributed by atoms with Crippen LogP contribution in [-0.2, 0) is 23.6 Å². The highest BCUT2D eigenvalue weighted by Gasteiger charge is 2.41. The summed E-state index contributed by atoms with van der Waals surface area (Å²) in [5.74, 6) is -3.72. The minimum Gasteiger partial charge on any atom is -0.464 e. The number of carbonyl (C=O) groups is 2. The number of hydrogen-bond donors (Lipinski definition) is 4. The van der Waals surface area contributed by atoms with Gasteiger partial charge in [-0.15, -0.1) is 0 Å². The highest BCUT2D eigenvalue weighted by Crippen LogP contribution is 2.43. The van der Waals surface area contributed by atoms with Crippen LogP contribution in [0.1, 0.15) is 29.9 Å². The lowest BCUT2D eigenvalue weighted by atomic mass is 10.2. The predicted molar refractivity (Wildman–Crippen MR) is 128 cm³/mol. The van der Waals surface area contributed by atoms with Gasteiger partial charge >= 0.3 is 13.6 Å². The maximum atomic E-state index is 12.6. The minimum absolute atomic E-state index is 0.0114. The van der Waals surface area contributed by atoms with Crippen molar-refractivity contribution in [3.8, 4) is 0 Å². The molecule has 4 atom stereocenters. The number of aliphatic hydroxyl groups is 1. The smallest absolute Gasteiger partial charge is 0.365 e. The normalized spacial score (nSPS) is 20.6. The molecule has 3 heterocycles. The quantitative estimate of drug-likeness (QED) is 0.169. The highest BCUT2D eigenvalue weighted by atomic mass is 35.5. The molecule has 14 nitrogen and oxygen atoms in total. The van der Waals surface area contributed by atoms with E-state index in [0.29, 0.717) is 5.56 Å². The molecule has 4 N–H and O–H groups in total. The lowest BCUT2D eigenvalue weighted by Crippen LogP contribution is -2.30. The molecule has 0 radical (unpaired) electrons. The number of amides is 1. The highest BCUT2D eigenvalue weighted by molar-refractivity contribution is 7.53. The number of rotatable bonds is 9. The molecule has 1 saturated heterocycles. The minimum atomic E-state index is -4.97. The molecule has 1 aliphatic heterocycles. The first-order valence-corrected chi connectivity index (χ1v) is 13.1. The van der Waals surface area contributed by atoms with Gasteiger partial charge in [-0.05, 0) is 30.7 Å². The Labute approximate surface area is 214 Å². The van der Waals surface area contributed by atoms with E-state index in [1.165, 1.54) is 17.8 Å². The summed E-state index contributed by atoms with van der Waals surface area (Å²) in [7, 11) is -4.97. The van der Waals surface area contributed by atoms with E-state index < -0.39 is 50.4 Å². The number of hydrogen-bond acceptors (Lipinski definition) is 10. The summed E-state index contributed by atoms with van der Waals surface area (Å²) in [4.78, 5) is 55.8. The second kappa shape index (κ2) is 11.2. The third kappa shape index (κ3) is 6.13. The van der Waals surface area contributed by atoms with E-state index in [-0.39, 0.29) is 35.3 Å². The fourth-order valence-corrected chi connectivity index (χ4v) is 4.53.